The molecule has 1 saturated heterocycles. The second-order valence-electron chi connectivity index (χ2n) is 6.72. The van der Waals surface area contributed by atoms with E-state index in [9.17, 15) is 9.59 Å². The third-order valence-corrected chi connectivity index (χ3v) is 4.96. The average Bonchev–Trinajstić information content (AvgIpc) is 3.28. The lowest BCUT2D eigenvalue weighted by molar-refractivity contribution is -0.126. The van der Waals surface area contributed by atoms with Crippen molar-refractivity contribution in [2.24, 2.45) is 0 Å². The summed E-state index contributed by atoms with van der Waals surface area (Å²) in [5, 5.41) is 2.96. The summed E-state index contributed by atoms with van der Waals surface area (Å²) in [4.78, 5) is 27.0. The van der Waals surface area contributed by atoms with E-state index in [1.165, 1.54) is 6.26 Å². The predicted octanol–water partition coefficient (Wildman–Crippen LogP) is 2.65. The number of methoxy groups -OCH3 is 2. The van der Waals surface area contributed by atoms with Crippen LogP contribution in [0.1, 0.15) is 35.4 Å². The number of rotatable bonds is 7. The molecule has 1 aromatic heterocycles. The fourth-order valence-electron chi connectivity index (χ4n) is 3.47. The minimum absolute atomic E-state index is 0.125. The average molecular weight is 386 g/mol. The van der Waals surface area contributed by atoms with Crippen molar-refractivity contribution in [3.8, 4) is 11.5 Å². The summed E-state index contributed by atoms with van der Waals surface area (Å²) in [6, 6.07) is 8.54. The molecule has 2 heterocycles. The van der Waals surface area contributed by atoms with Crippen LogP contribution in [-0.4, -0.2) is 50.1 Å². The zero-order valence-corrected chi connectivity index (χ0v) is 16.3. The quantitative estimate of drug-likeness (QED) is 0.791. The van der Waals surface area contributed by atoms with Crippen LogP contribution in [-0.2, 0) is 11.2 Å². The van der Waals surface area contributed by atoms with Gasteiger partial charge < -0.3 is 24.1 Å². The van der Waals surface area contributed by atoms with E-state index in [1.54, 1.807) is 31.3 Å². The summed E-state index contributed by atoms with van der Waals surface area (Å²) in [6.45, 7) is 1.04. The molecule has 3 rings (SSSR count). The number of likely N-dealkylation sites (tertiary alicyclic amines) is 1. The van der Waals surface area contributed by atoms with Crippen LogP contribution >= 0.6 is 0 Å². The molecular weight excluding hydrogens is 360 g/mol. The summed E-state index contributed by atoms with van der Waals surface area (Å²) in [5.41, 5.74) is 1.03. The Balaban J connectivity index is 1.58. The number of carbonyl (C=O) groups is 2. The smallest absolute Gasteiger partial charge is 0.290 e. The first-order chi connectivity index (χ1) is 13.6. The molecule has 0 aliphatic carbocycles. The van der Waals surface area contributed by atoms with Gasteiger partial charge in [-0.15, -0.1) is 0 Å². The highest BCUT2D eigenvalue weighted by atomic mass is 16.5. The van der Waals surface area contributed by atoms with Gasteiger partial charge in [-0.3, -0.25) is 9.59 Å². The van der Waals surface area contributed by atoms with Crippen molar-refractivity contribution in [3.05, 3.63) is 47.9 Å². The number of piperidine rings is 1. The monoisotopic (exact) mass is 386 g/mol. The molecular formula is C21H26N2O5. The summed E-state index contributed by atoms with van der Waals surface area (Å²) in [5.74, 6) is 1.24. The molecule has 1 atom stereocenters. The Hall–Kier alpha value is -2.96. The molecule has 7 nitrogen and oxygen atoms in total. The van der Waals surface area contributed by atoms with E-state index in [-0.39, 0.29) is 17.6 Å². The van der Waals surface area contributed by atoms with Crippen molar-refractivity contribution in [1.82, 2.24) is 10.2 Å². The van der Waals surface area contributed by atoms with Gasteiger partial charge in [0.05, 0.1) is 20.5 Å². The van der Waals surface area contributed by atoms with Crippen molar-refractivity contribution >= 4 is 11.8 Å². The van der Waals surface area contributed by atoms with Gasteiger partial charge in [-0.2, -0.15) is 0 Å². The van der Waals surface area contributed by atoms with Crippen molar-refractivity contribution < 1.29 is 23.5 Å². The third-order valence-electron chi connectivity index (χ3n) is 4.96. The second-order valence-corrected chi connectivity index (χ2v) is 6.72. The first-order valence-corrected chi connectivity index (χ1v) is 9.47. The van der Waals surface area contributed by atoms with Gasteiger partial charge in [-0.1, -0.05) is 6.07 Å². The number of hydrogen-bond acceptors (Lipinski definition) is 5. The number of amides is 2. The van der Waals surface area contributed by atoms with Gasteiger partial charge in [0.2, 0.25) is 5.91 Å². The van der Waals surface area contributed by atoms with Crippen LogP contribution in [0.4, 0.5) is 0 Å². The molecule has 2 amide bonds. The Bertz CT molecular complexity index is 803. The molecule has 1 aliphatic heterocycles. The van der Waals surface area contributed by atoms with Gasteiger partial charge in [0, 0.05) is 13.1 Å². The molecule has 0 bridgehead atoms. The molecule has 1 N–H and O–H groups in total. The first kappa shape index (κ1) is 19.8. The lowest BCUT2D eigenvalue weighted by atomic mass is 10.0. The summed E-state index contributed by atoms with van der Waals surface area (Å²) < 4.78 is 15.8. The van der Waals surface area contributed by atoms with E-state index < -0.39 is 6.04 Å². The third kappa shape index (κ3) is 4.47. The molecule has 28 heavy (non-hydrogen) atoms. The fraction of sp³-hybridized carbons (Fsp3) is 0.429. The van der Waals surface area contributed by atoms with Crippen molar-refractivity contribution in [2.45, 2.75) is 31.7 Å². The summed E-state index contributed by atoms with van der Waals surface area (Å²) in [7, 11) is 3.19. The van der Waals surface area contributed by atoms with Gasteiger partial charge in [0.15, 0.2) is 17.3 Å². The molecule has 1 aliphatic rings. The number of ether oxygens (including phenoxy) is 2. The highest BCUT2D eigenvalue weighted by molar-refractivity contribution is 5.95. The van der Waals surface area contributed by atoms with Crippen LogP contribution in [0.25, 0.3) is 0 Å². The van der Waals surface area contributed by atoms with Crippen molar-refractivity contribution in [1.29, 1.82) is 0 Å². The number of hydrogen-bond donors (Lipinski definition) is 1. The SMILES string of the molecule is COc1ccc(CCNC(=O)C2CCCCN2C(=O)c2ccco2)cc1OC. The summed E-state index contributed by atoms with van der Waals surface area (Å²) >= 11 is 0. The van der Waals surface area contributed by atoms with Gasteiger partial charge >= 0.3 is 0 Å². The number of carbonyl (C=O) groups excluding carboxylic acids is 2. The highest BCUT2D eigenvalue weighted by Gasteiger charge is 2.33. The van der Waals surface area contributed by atoms with Crippen LogP contribution in [0.15, 0.2) is 41.0 Å². The van der Waals surface area contributed by atoms with E-state index in [0.29, 0.717) is 37.4 Å². The Morgan fingerprint density at radius 1 is 1.18 bits per heavy atom. The highest BCUT2D eigenvalue weighted by Crippen LogP contribution is 2.27. The van der Waals surface area contributed by atoms with Crippen LogP contribution in [0.3, 0.4) is 0 Å². The van der Waals surface area contributed by atoms with Crippen LogP contribution < -0.4 is 14.8 Å². The number of nitrogens with one attached hydrogen (secondary N) is 1. The zero-order valence-electron chi connectivity index (χ0n) is 16.3. The molecule has 0 spiro atoms. The maximum Gasteiger partial charge on any atom is 0.290 e. The molecule has 1 fully saturated rings. The Kier molecular flexibility index (Phi) is 6.57. The summed E-state index contributed by atoms with van der Waals surface area (Å²) in [6.07, 6.45) is 4.60. The van der Waals surface area contributed by atoms with Gasteiger partial charge in [-0.25, -0.2) is 0 Å². The van der Waals surface area contributed by atoms with Crippen LogP contribution in [0.5, 0.6) is 11.5 Å². The van der Waals surface area contributed by atoms with Gasteiger partial charge in [0.25, 0.3) is 5.91 Å². The maximum absolute atomic E-state index is 12.7. The lowest BCUT2D eigenvalue weighted by Crippen LogP contribution is -2.52. The molecule has 150 valence electrons. The predicted molar refractivity (Wildman–Crippen MR) is 104 cm³/mol. The molecule has 1 unspecified atom stereocenters. The minimum atomic E-state index is -0.461. The first-order valence-electron chi connectivity index (χ1n) is 9.47. The Labute approximate surface area is 164 Å². The number of nitrogens with zero attached hydrogens (tertiary/aromatic N) is 1. The molecule has 0 saturated carbocycles. The second kappa shape index (κ2) is 9.30. The van der Waals surface area contributed by atoms with Crippen molar-refractivity contribution in [3.63, 3.8) is 0 Å². The molecule has 2 aromatic rings. The lowest BCUT2D eigenvalue weighted by Gasteiger charge is -2.34. The van der Waals surface area contributed by atoms with E-state index in [2.05, 4.69) is 5.32 Å². The van der Waals surface area contributed by atoms with E-state index in [4.69, 9.17) is 13.9 Å². The van der Waals surface area contributed by atoms with Crippen LogP contribution in [0.2, 0.25) is 0 Å². The van der Waals surface area contributed by atoms with Crippen molar-refractivity contribution in [2.75, 3.05) is 27.3 Å². The molecule has 7 heteroatoms. The maximum atomic E-state index is 12.7. The zero-order chi connectivity index (χ0) is 19.9. The number of furan rings is 1. The topological polar surface area (TPSA) is 81.0 Å². The van der Waals surface area contributed by atoms with Gasteiger partial charge in [-0.05, 0) is 55.5 Å². The molecule has 0 radical (unpaired) electrons. The van der Waals surface area contributed by atoms with E-state index >= 15 is 0 Å². The number of benzene rings is 1. The fourth-order valence-corrected chi connectivity index (χ4v) is 3.47. The Morgan fingerprint density at radius 2 is 2.00 bits per heavy atom. The Morgan fingerprint density at radius 3 is 2.71 bits per heavy atom. The molecule has 1 aromatic carbocycles. The largest absolute Gasteiger partial charge is 0.493 e. The van der Waals surface area contributed by atoms with E-state index in [0.717, 1.165) is 18.4 Å². The van der Waals surface area contributed by atoms with Gasteiger partial charge in [0.1, 0.15) is 6.04 Å². The minimum Gasteiger partial charge on any atom is -0.493 e. The normalized spacial score (nSPS) is 16.5. The standard InChI is InChI=1S/C21H26N2O5/c1-26-17-9-8-15(14-19(17)27-2)10-11-22-20(24)16-6-3-4-12-23(16)21(25)18-7-5-13-28-18/h5,7-9,13-14,16H,3-4,6,10-12H2,1-2H3,(H,22,24). The van der Waals surface area contributed by atoms with Crippen LogP contribution in [0, 0.1) is 0 Å². The van der Waals surface area contributed by atoms with E-state index in [1.807, 2.05) is 18.2 Å².